The van der Waals surface area contributed by atoms with Crippen LogP contribution in [-0.4, -0.2) is 13.7 Å². The Morgan fingerprint density at radius 2 is 1.33 bits per heavy atom. The van der Waals surface area contributed by atoms with Gasteiger partial charge in [-0.3, -0.25) is 9.59 Å². The second-order valence-electron chi connectivity index (χ2n) is 9.52. The summed E-state index contributed by atoms with van der Waals surface area (Å²) in [5.41, 5.74) is 9.98. The summed E-state index contributed by atoms with van der Waals surface area (Å²) in [6.45, 7) is 0.758. The molecule has 0 amide bonds. The molecule has 6 nitrogen and oxygen atoms in total. The molecule has 196 valence electrons. The van der Waals surface area contributed by atoms with E-state index in [1.54, 1.807) is 7.11 Å². The summed E-state index contributed by atoms with van der Waals surface area (Å²) in [6.07, 6.45) is 0.901. The van der Waals surface area contributed by atoms with Crippen LogP contribution in [0.2, 0.25) is 0 Å². The van der Waals surface area contributed by atoms with Gasteiger partial charge in [-0.1, -0.05) is 84.9 Å². The van der Waals surface area contributed by atoms with Crippen LogP contribution in [0.1, 0.15) is 40.6 Å². The van der Waals surface area contributed by atoms with Crippen LogP contribution in [0.3, 0.4) is 0 Å². The van der Waals surface area contributed by atoms with E-state index >= 15 is 0 Å². The van der Waals surface area contributed by atoms with Gasteiger partial charge < -0.3 is 21.1 Å². The lowest BCUT2D eigenvalue weighted by Crippen LogP contribution is -2.36. The Morgan fingerprint density at radius 3 is 1.92 bits per heavy atom. The quantitative estimate of drug-likeness (QED) is 0.200. The first kappa shape index (κ1) is 25.9. The van der Waals surface area contributed by atoms with E-state index in [9.17, 15) is 9.59 Å². The minimum Gasteiger partial charge on any atom is -0.497 e. The molecule has 1 atom stereocenters. The van der Waals surface area contributed by atoms with E-state index in [-0.39, 0.29) is 23.3 Å². The van der Waals surface area contributed by atoms with Gasteiger partial charge in [-0.2, -0.15) is 0 Å². The lowest BCUT2D eigenvalue weighted by atomic mass is 9.88. The van der Waals surface area contributed by atoms with Gasteiger partial charge >= 0.3 is 0 Å². The van der Waals surface area contributed by atoms with Crippen molar-refractivity contribution in [3.05, 3.63) is 152 Å². The van der Waals surface area contributed by atoms with Gasteiger partial charge in [0.15, 0.2) is 0 Å². The first-order chi connectivity index (χ1) is 19.0. The Labute approximate surface area is 227 Å². The molecule has 0 radical (unpaired) electrons. The van der Waals surface area contributed by atoms with Crippen LogP contribution < -0.4 is 32.0 Å². The van der Waals surface area contributed by atoms with Gasteiger partial charge in [-0.05, 0) is 59.5 Å². The zero-order valence-electron chi connectivity index (χ0n) is 21.8. The molecule has 0 aliphatic rings. The second kappa shape index (κ2) is 11.8. The molecule has 0 heterocycles. The number of hydrogen-bond donors (Lipinski definition) is 3. The highest BCUT2D eigenvalue weighted by Crippen LogP contribution is 2.30. The summed E-state index contributed by atoms with van der Waals surface area (Å²) in [5.74, 6) is 1.04. The monoisotopic (exact) mass is 517 g/mol. The number of nitrogen functional groups attached to an aromatic ring is 1. The topological polar surface area (TPSA) is 93.4 Å². The highest BCUT2D eigenvalue weighted by atomic mass is 16.5. The Bertz CT molecular complexity index is 1550. The van der Waals surface area contributed by atoms with Crippen molar-refractivity contribution in [3.63, 3.8) is 0 Å². The van der Waals surface area contributed by atoms with Crippen molar-refractivity contribution in [1.29, 1.82) is 0 Å². The van der Waals surface area contributed by atoms with Crippen LogP contribution in [0.15, 0.2) is 119 Å². The molecule has 1 unspecified atom stereocenters. The molecule has 5 rings (SSSR count). The second-order valence-corrected chi connectivity index (χ2v) is 9.52. The van der Waals surface area contributed by atoms with Crippen LogP contribution in [-0.2, 0) is 0 Å². The highest BCUT2D eigenvalue weighted by Gasteiger charge is 2.20. The molecule has 0 saturated carbocycles. The summed E-state index contributed by atoms with van der Waals surface area (Å²) in [4.78, 5) is 23.5. The van der Waals surface area contributed by atoms with Gasteiger partial charge in [-0.25, -0.2) is 0 Å². The Hall–Kier alpha value is -4.68. The van der Waals surface area contributed by atoms with Crippen molar-refractivity contribution in [3.8, 4) is 5.75 Å². The summed E-state index contributed by atoms with van der Waals surface area (Å²) >= 11 is 0. The largest absolute Gasteiger partial charge is 0.497 e. The summed E-state index contributed by atoms with van der Waals surface area (Å²) < 4.78 is 5.37. The van der Waals surface area contributed by atoms with Gasteiger partial charge in [0.1, 0.15) is 17.1 Å². The van der Waals surface area contributed by atoms with E-state index in [0.29, 0.717) is 5.69 Å². The van der Waals surface area contributed by atoms with Crippen LogP contribution in [0.4, 0.5) is 17.1 Å². The molecule has 0 bridgehead atoms. The zero-order chi connectivity index (χ0) is 27.2. The molecule has 0 aromatic heterocycles. The van der Waals surface area contributed by atoms with Crippen LogP contribution >= 0.6 is 0 Å². The molecule has 0 saturated heterocycles. The molecule has 5 aromatic rings. The van der Waals surface area contributed by atoms with Crippen molar-refractivity contribution < 1.29 is 4.74 Å². The van der Waals surface area contributed by atoms with Crippen molar-refractivity contribution >= 4 is 17.1 Å². The van der Waals surface area contributed by atoms with Crippen LogP contribution in [0.5, 0.6) is 5.75 Å². The number of nitrogens with one attached hydrogen (secondary N) is 2. The molecule has 4 N–H and O–H groups in total. The number of methoxy groups -OCH3 is 1. The number of anilines is 3. The number of nitrogens with two attached hydrogens (primary N) is 1. The first-order valence-corrected chi connectivity index (χ1v) is 13.0. The van der Waals surface area contributed by atoms with E-state index in [1.165, 1.54) is 11.1 Å². The Morgan fingerprint density at radius 1 is 0.718 bits per heavy atom. The Balaban J connectivity index is 1.41. The van der Waals surface area contributed by atoms with E-state index in [1.807, 2.05) is 48.5 Å². The fourth-order valence-electron chi connectivity index (χ4n) is 4.97. The predicted molar refractivity (Wildman–Crippen MR) is 158 cm³/mol. The van der Waals surface area contributed by atoms with Crippen LogP contribution in [0, 0.1) is 0 Å². The first-order valence-electron chi connectivity index (χ1n) is 13.0. The third-order valence-corrected chi connectivity index (χ3v) is 7.07. The summed E-state index contributed by atoms with van der Waals surface area (Å²) in [6, 6.07) is 36.8. The van der Waals surface area contributed by atoms with Crippen LogP contribution in [0.25, 0.3) is 0 Å². The zero-order valence-corrected chi connectivity index (χ0v) is 21.8. The third kappa shape index (κ3) is 5.76. The minimum absolute atomic E-state index is 0.0249. The van der Waals surface area contributed by atoms with Gasteiger partial charge in [0.25, 0.3) is 10.9 Å². The maximum absolute atomic E-state index is 11.9. The lowest BCUT2D eigenvalue weighted by Gasteiger charge is -2.24. The average molecular weight is 518 g/mol. The van der Waals surface area contributed by atoms with Crippen molar-refractivity contribution in [1.82, 2.24) is 5.32 Å². The fraction of sp³-hybridized carbons (Fsp3) is 0.152. The molecule has 39 heavy (non-hydrogen) atoms. The van der Waals surface area contributed by atoms with Gasteiger partial charge in [0.2, 0.25) is 0 Å². The van der Waals surface area contributed by atoms with Crippen molar-refractivity contribution in [2.45, 2.75) is 18.4 Å². The van der Waals surface area contributed by atoms with E-state index < -0.39 is 10.9 Å². The predicted octanol–water partition coefficient (Wildman–Crippen LogP) is 5.52. The molecule has 0 spiro atoms. The number of benzene rings is 4. The Kier molecular flexibility index (Phi) is 7.85. The van der Waals surface area contributed by atoms with Gasteiger partial charge in [-0.15, -0.1) is 0 Å². The van der Waals surface area contributed by atoms with Crippen molar-refractivity contribution in [2.75, 3.05) is 24.7 Å². The lowest BCUT2D eigenvalue weighted by molar-refractivity contribution is 0.414. The molecular weight excluding hydrogens is 486 g/mol. The minimum atomic E-state index is -0.641. The maximum atomic E-state index is 11.9. The molecular formula is C33H31N3O3. The summed E-state index contributed by atoms with van der Waals surface area (Å²) in [7, 11) is 1.65. The van der Waals surface area contributed by atoms with E-state index in [0.717, 1.165) is 29.8 Å². The number of rotatable bonds is 11. The molecule has 6 heteroatoms. The highest BCUT2D eigenvalue weighted by molar-refractivity contribution is 5.76. The molecule has 0 aliphatic heterocycles. The fourth-order valence-corrected chi connectivity index (χ4v) is 4.97. The smallest absolute Gasteiger partial charge is 0.253 e. The van der Waals surface area contributed by atoms with Gasteiger partial charge in [0, 0.05) is 11.6 Å². The average Bonchev–Trinajstić information content (AvgIpc) is 3.00. The maximum Gasteiger partial charge on any atom is 0.253 e. The number of hydrogen-bond acceptors (Lipinski definition) is 6. The number of ether oxygens (including phenoxy) is 1. The van der Waals surface area contributed by atoms with Gasteiger partial charge in [0.05, 0.1) is 13.2 Å². The van der Waals surface area contributed by atoms with E-state index in [4.69, 9.17) is 10.5 Å². The van der Waals surface area contributed by atoms with E-state index in [2.05, 4.69) is 71.3 Å². The molecule has 5 aromatic carbocycles. The normalized spacial score (nSPS) is 11.9. The molecule has 0 aliphatic carbocycles. The summed E-state index contributed by atoms with van der Waals surface area (Å²) in [5, 5.41) is 6.79. The van der Waals surface area contributed by atoms with Crippen molar-refractivity contribution in [2.24, 2.45) is 0 Å². The SMILES string of the molecule is COc1ccc(C(NCCC(c2ccccc2)c2ccccc2)c2cccc(Nc3c(N)c(=O)c3=O)c2)cc1. The molecule has 0 fully saturated rings. The standard InChI is InChI=1S/C33H31N3O3/c1-39-27-17-15-24(16-18-27)30(25-13-8-14-26(21-25)36-31-29(34)32(37)33(31)38)35-20-19-28(22-9-4-2-5-10-22)23-11-6-3-7-12-23/h2-18,21,28,30,35-36H,19-20,34H2,1H3. The third-order valence-electron chi connectivity index (χ3n) is 7.07.